The molecule has 12 heteroatoms. The van der Waals surface area contributed by atoms with Gasteiger partial charge in [0, 0.05) is 28.2 Å². The molecule has 0 saturated carbocycles. The van der Waals surface area contributed by atoms with E-state index in [0.717, 1.165) is 15.9 Å². The first-order valence-corrected chi connectivity index (χ1v) is 10.2. The average Bonchev–Trinajstić information content (AvgIpc) is 3.15. The molecule has 31 heavy (non-hydrogen) atoms. The van der Waals surface area contributed by atoms with Gasteiger partial charge in [0.15, 0.2) is 11.5 Å². The Kier molecular flexibility index (Phi) is 6.88. The van der Waals surface area contributed by atoms with E-state index in [1.54, 1.807) is 28.9 Å². The maximum absolute atomic E-state index is 12.9. The SMILES string of the molecule is Cc1cc(NC(=O)CCn2nc(C(F)(F)F)c(Cl)c2C)nn1Cc1ccc(Cl)cc1Cl. The number of rotatable bonds is 6. The predicted octanol–water partition coefficient (Wildman–Crippen LogP) is 5.75. The van der Waals surface area contributed by atoms with Gasteiger partial charge in [-0.3, -0.25) is 14.2 Å². The highest BCUT2D eigenvalue weighted by molar-refractivity contribution is 6.35. The number of hydrogen-bond acceptors (Lipinski definition) is 3. The number of carbonyl (C=O) groups excluding carboxylic acids is 1. The molecule has 0 bridgehead atoms. The summed E-state index contributed by atoms with van der Waals surface area (Å²) in [5, 5.41) is 11.0. The fourth-order valence-electron chi connectivity index (χ4n) is 2.88. The van der Waals surface area contributed by atoms with Crippen molar-refractivity contribution in [2.75, 3.05) is 5.32 Å². The van der Waals surface area contributed by atoms with Crippen LogP contribution in [0.4, 0.5) is 19.0 Å². The van der Waals surface area contributed by atoms with Crippen LogP contribution in [0.1, 0.15) is 29.1 Å². The van der Waals surface area contributed by atoms with Crippen molar-refractivity contribution in [3.8, 4) is 0 Å². The number of anilines is 1. The smallest absolute Gasteiger partial charge is 0.309 e. The molecule has 0 radical (unpaired) electrons. The summed E-state index contributed by atoms with van der Waals surface area (Å²) in [5.41, 5.74) is 0.566. The Morgan fingerprint density at radius 3 is 2.42 bits per heavy atom. The summed E-state index contributed by atoms with van der Waals surface area (Å²) in [5.74, 6) is -0.104. The van der Waals surface area contributed by atoms with Crippen molar-refractivity contribution < 1.29 is 18.0 Å². The average molecular weight is 495 g/mol. The molecule has 0 aliphatic rings. The first-order chi connectivity index (χ1) is 14.5. The third-order valence-corrected chi connectivity index (χ3v) is 5.58. The Morgan fingerprint density at radius 2 is 1.81 bits per heavy atom. The molecule has 1 amide bonds. The fourth-order valence-corrected chi connectivity index (χ4v) is 3.59. The largest absolute Gasteiger partial charge is 0.436 e. The minimum absolute atomic E-state index is 0.0620. The minimum atomic E-state index is -4.66. The van der Waals surface area contributed by atoms with E-state index in [1.165, 1.54) is 6.92 Å². The van der Waals surface area contributed by atoms with Crippen LogP contribution in [0.5, 0.6) is 0 Å². The lowest BCUT2D eigenvalue weighted by Crippen LogP contribution is -2.16. The van der Waals surface area contributed by atoms with E-state index in [0.29, 0.717) is 22.4 Å². The van der Waals surface area contributed by atoms with Crippen LogP contribution in [-0.4, -0.2) is 25.5 Å². The highest BCUT2D eigenvalue weighted by atomic mass is 35.5. The Balaban J connectivity index is 1.63. The van der Waals surface area contributed by atoms with Crippen molar-refractivity contribution in [2.24, 2.45) is 0 Å². The lowest BCUT2D eigenvalue weighted by molar-refractivity contribution is -0.141. The Bertz CT molecular complexity index is 1120. The molecule has 0 unspecified atom stereocenters. The van der Waals surface area contributed by atoms with Gasteiger partial charge in [-0.1, -0.05) is 40.9 Å². The summed E-state index contributed by atoms with van der Waals surface area (Å²) >= 11 is 17.8. The maximum atomic E-state index is 12.9. The molecule has 1 N–H and O–H groups in total. The van der Waals surface area contributed by atoms with Gasteiger partial charge in [0.05, 0.1) is 23.8 Å². The predicted molar refractivity (Wildman–Crippen MR) is 113 cm³/mol. The van der Waals surface area contributed by atoms with Crippen molar-refractivity contribution in [2.45, 2.75) is 39.5 Å². The molecular formula is C19H17Cl3F3N5O. The maximum Gasteiger partial charge on any atom is 0.436 e. The molecule has 3 aromatic rings. The van der Waals surface area contributed by atoms with Gasteiger partial charge in [-0.15, -0.1) is 0 Å². The molecule has 0 atom stereocenters. The van der Waals surface area contributed by atoms with Gasteiger partial charge in [-0.2, -0.15) is 23.4 Å². The van der Waals surface area contributed by atoms with E-state index in [2.05, 4.69) is 15.5 Å². The first kappa shape index (κ1) is 23.4. The second-order valence-electron chi connectivity index (χ2n) is 6.83. The van der Waals surface area contributed by atoms with E-state index < -0.39 is 22.8 Å². The van der Waals surface area contributed by atoms with Crippen LogP contribution in [-0.2, 0) is 24.1 Å². The van der Waals surface area contributed by atoms with Crippen molar-refractivity contribution in [1.82, 2.24) is 19.6 Å². The third-order valence-electron chi connectivity index (χ3n) is 4.54. The number of benzene rings is 1. The number of nitrogens with zero attached hydrogens (tertiary/aromatic N) is 4. The van der Waals surface area contributed by atoms with E-state index in [4.69, 9.17) is 34.8 Å². The number of amides is 1. The van der Waals surface area contributed by atoms with Crippen molar-refractivity contribution in [3.05, 3.63) is 62.0 Å². The highest BCUT2D eigenvalue weighted by Gasteiger charge is 2.38. The molecule has 0 aliphatic heterocycles. The van der Waals surface area contributed by atoms with E-state index in [9.17, 15) is 18.0 Å². The summed E-state index contributed by atoms with van der Waals surface area (Å²) in [6.45, 7) is 3.55. The van der Waals surface area contributed by atoms with E-state index in [-0.39, 0.29) is 18.7 Å². The molecule has 3 rings (SSSR count). The quantitative estimate of drug-likeness (QED) is 0.474. The van der Waals surface area contributed by atoms with Crippen LogP contribution in [0, 0.1) is 13.8 Å². The fraction of sp³-hybridized carbons (Fsp3) is 0.316. The Hall–Kier alpha value is -2.23. The van der Waals surface area contributed by atoms with Crippen LogP contribution in [0.25, 0.3) is 0 Å². The van der Waals surface area contributed by atoms with Crippen molar-refractivity contribution in [1.29, 1.82) is 0 Å². The molecule has 0 fully saturated rings. The third kappa shape index (κ3) is 5.53. The summed E-state index contributed by atoms with van der Waals surface area (Å²) in [7, 11) is 0. The second-order valence-corrected chi connectivity index (χ2v) is 8.05. The number of halogens is 6. The number of aromatic nitrogens is 4. The zero-order valence-corrected chi connectivity index (χ0v) is 18.7. The van der Waals surface area contributed by atoms with Crippen LogP contribution in [0.2, 0.25) is 15.1 Å². The molecule has 1 aromatic carbocycles. The normalized spacial score (nSPS) is 11.7. The lowest BCUT2D eigenvalue weighted by Gasteiger charge is -2.07. The second kappa shape index (κ2) is 9.10. The lowest BCUT2D eigenvalue weighted by atomic mass is 10.2. The number of hydrogen-bond donors (Lipinski definition) is 1. The molecular weight excluding hydrogens is 478 g/mol. The number of alkyl halides is 3. The number of carbonyl (C=O) groups is 1. The topological polar surface area (TPSA) is 64.7 Å². The number of aryl methyl sites for hydroxylation is 2. The molecule has 6 nitrogen and oxygen atoms in total. The summed E-state index contributed by atoms with van der Waals surface area (Å²) in [4.78, 5) is 12.3. The molecule has 0 aliphatic carbocycles. The molecule has 166 valence electrons. The molecule has 2 heterocycles. The van der Waals surface area contributed by atoms with E-state index >= 15 is 0 Å². The van der Waals surface area contributed by atoms with Gasteiger partial charge in [-0.05, 0) is 31.5 Å². The van der Waals surface area contributed by atoms with Crippen LogP contribution in [0.15, 0.2) is 24.3 Å². The van der Waals surface area contributed by atoms with Gasteiger partial charge in [0.25, 0.3) is 0 Å². The van der Waals surface area contributed by atoms with Gasteiger partial charge in [-0.25, -0.2) is 0 Å². The van der Waals surface area contributed by atoms with Gasteiger partial charge in [0.2, 0.25) is 5.91 Å². The van der Waals surface area contributed by atoms with Crippen molar-refractivity contribution in [3.63, 3.8) is 0 Å². The molecule has 2 aromatic heterocycles. The van der Waals surface area contributed by atoms with Crippen LogP contribution < -0.4 is 5.32 Å². The zero-order chi connectivity index (χ0) is 22.9. The Morgan fingerprint density at radius 1 is 1.10 bits per heavy atom. The number of nitrogens with one attached hydrogen (secondary N) is 1. The first-order valence-electron chi connectivity index (χ1n) is 9.04. The summed E-state index contributed by atoms with van der Waals surface area (Å²) < 4.78 is 41.4. The van der Waals surface area contributed by atoms with E-state index in [1.807, 2.05) is 6.92 Å². The molecule has 0 saturated heterocycles. The van der Waals surface area contributed by atoms with Crippen molar-refractivity contribution >= 4 is 46.5 Å². The summed E-state index contributed by atoms with van der Waals surface area (Å²) in [6.07, 6.45) is -4.77. The minimum Gasteiger partial charge on any atom is -0.309 e. The monoisotopic (exact) mass is 493 g/mol. The van der Waals surface area contributed by atoms with Gasteiger partial charge >= 0.3 is 6.18 Å². The van der Waals surface area contributed by atoms with Crippen LogP contribution in [0.3, 0.4) is 0 Å². The Labute approximate surface area is 190 Å². The van der Waals surface area contributed by atoms with Gasteiger partial charge in [0.1, 0.15) is 0 Å². The highest BCUT2D eigenvalue weighted by Crippen LogP contribution is 2.35. The summed E-state index contributed by atoms with van der Waals surface area (Å²) in [6, 6.07) is 6.82. The van der Waals surface area contributed by atoms with Crippen LogP contribution >= 0.6 is 34.8 Å². The zero-order valence-electron chi connectivity index (χ0n) is 16.4. The molecule has 0 spiro atoms. The van der Waals surface area contributed by atoms with Gasteiger partial charge < -0.3 is 5.32 Å². The standard InChI is InChI=1S/C19H17Cl3F3N5O/c1-10-7-15(27-30(10)9-12-3-4-13(20)8-14(12)21)26-16(31)5-6-29-11(2)17(22)18(28-29)19(23,24)25/h3-4,7-8H,5-6,9H2,1-2H3,(H,26,27,31).